The molecule has 228 valence electrons. The third-order valence-electron chi connectivity index (χ3n) is 7.96. The first-order valence-electron chi connectivity index (χ1n) is 14.2. The van der Waals surface area contributed by atoms with Gasteiger partial charge in [-0.1, -0.05) is 26.5 Å². The van der Waals surface area contributed by atoms with Crippen molar-refractivity contribution in [2.24, 2.45) is 5.73 Å². The van der Waals surface area contributed by atoms with Crippen LogP contribution < -0.4 is 16.3 Å². The van der Waals surface area contributed by atoms with Gasteiger partial charge in [0, 0.05) is 31.4 Å². The van der Waals surface area contributed by atoms with Crippen molar-refractivity contribution in [2.75, 3.05) is 18.0 Å². The van der Waals surface area contributed by atoms with Crippen molar-refractivity contribution >= 4 is 28.7 Å². The van der Waals surface area contributed by atoms with E-state index < -0.39 is 34.5 Å². The molecule has 1 fully saturated rings. The minimum atomic E-state index is -0.964. The summed E-state index contributed by atoms with van der Waals surface area (Å²) in [5.41, 5.74) is 5.36. The Hall–Kier alpha value is -5.00. The van der Waals surface area contributed by atoms with Gasteiger partial charge in [-0.05, 0) is 62.6 Å². The lowest BCUT2D eigenvalue weighted by molar-refractivity contribution is -0.128. The molecule has 2 N–H and O–H groups in total. The number of hydrogen-bond acceptors (Lipinski definition) is 7. The highest BCUT2D eigenvalue weighted by atomic mass is 19.1. The second-order valence-electron chi connectivity index (χ2n) is 11.3. The first-order chi connectivity index (χ1) is 20.8. The van der Waals surface area contributed by atoms with Crippen molar-refractivity contribution in [1.29, 1.82) is 0 Å². The SMILES string of the molecule is C=CC(=O)N1CC(C)N(c2nc(=O)n(-c3c(C)ccnc3C(C)C)c3nc(-c4c(F)cccc4C(N)=O)c(F)cc23)CC1C. The van der Waals surface area contributed by atoms with Crippen LogP contribution in [-0.4, -0.2) is 61.4 Å². The van der Waals surface area contributed by atoms with Crippen LogP contribution in [0, 0.1) is 18.6 Å². The largest absolute Gasteiger partial charge is 0.366 e. The molecule has 2 atom stereocenters. The molecule has 10 nitrogen and oxygen atoms in total. The van der Waals surface area contributed by atoms with E-state index in [0.29, 0.717) is 23.5 Å². The lowest BCUT2D eigenvalue weighted by atomic mass is 10.0. The lowest BCUT2D eigenvalue weighted by Crippen LogP contribution is -2.58. The highest BCUT2D eigenvalue weighted by Crippen LogP contribution is 2.35. The fourth-order valence-electron chi connectivity index (χ4n) is 5.80. The summed E-state index contributed by atoms with van der Waals surface area (Å²) in [6, 6.07) is 5.94. The van der Waals surface area contributed by atoms with Crippen LogP contribution in [0.1, 0.15) is 55.2 Å². The number of primary amides is 1. The number of aromatic nitrogens is 4. The molecule has 2 unspecified atom stereocenters. The molecule has 44 heavy (non-hydrogen) atoms. The Bertz CT molecular complexity index is 1890. The smallest absolute Gasteiger partial charge is 0.355 e. The van der Waals surface area contributed by atoms with Gasteiger partial charge < -0.3 is 15.5 Å². The Balaban J connectivity index is 1.87. The van der Waals surface area contributed by atoms with Crippen molar-refractivity contribution in [2.45, 2.75) is 52.6 Å². The Morgan fingerprint density at radius 1 is 1.09 bits per heavy atom. The summed E-state index contributed by atoms with van der Waals surface area (Å²) in [6.45, 7) is 13.6. The zero-order chi connectivity index (χ0) is 32.0. The zero-order valence-corrected chi connectivity index (χ0v) is 25.1. The minimum absolute atomic E-state index is 0.00229. The number of nitrogens with zero attached hydrogens (tertiary/aromatic N) is 6. The maximum absolute atomic E-state index is 16.1. The number of fused-ring (bicyclic) bond motifs is 1. The van der Waals surface area contributed by atoms with Gasteiger partial charge in [-0.25, -0.2) is 23.1 Å². The maximum atomic E-state index is 16.1. The highest BCUT2D eigenvalue weighted by Gasteiger charge is 2.34. The molecule has 0 bridgehead atoms. The molecular weight excluding hydrogens is 568 g/mol. The average Bonchev–Trinajstić information content (AvgIpc) is 2.97. The molecule has 1 aromatic carbocycles. The number of pyridine rings is 2. The van der Waals surface area contributed by atoms with E-state index in [0.717, 1.165) is 12.1 Å². The van der Waals surface area contributed by atoms with Gasteiger partial charge in [0.05, 0.1) is 27.9 Å². The zero-order valence-electron chi connectivity index (χ0n) is 25.1. The average molecular weight is 602 g/mol. The Kier molecular flexibility index (Phi) is 8.02. The third-order valence-corrected chi connectivity index (χ3v) is 7.96. The molecule has 0 radical (unpaired) electrons. The standard InChI is InChI=1S/C32H33F2N7O3/c1-7-24(42)39-14-19(6)40(15-18(39)5)30-21-13-23(34)27(25-20(29(35)43)9-8-10-22(25)33)37-31(21)41(32(44)38-30)28-17(4)11-12-36-26(28)16(2)3/h7-13,16,18-19H,1,14-15H2,2-6H3,(H2,35,43). The van der Waals surface area contributed by atoms with Gasteiger partial charge in [0.25, 0.3) is 0 Å². The van der Waals surface area contributed by atoms with Gasteiger partial charge in [-0.2, -0.15) is 4.98 Å². The van der Waals surface area contributed by atoms with E-state index in [2.05, 4.69) is 21.5 Å². The molecule has 0 aliphatic carbocycles. The molecule has 4 aromatic rings. The van der Waals surface area contributed by atoms with Crippen LogP contribution in [0.2, 0.25) is 0 Å². The summed E-state index contributed by atoms with van der Waals surface area (Å²) in [6.07, 6.45) is 2.88. The fraction of sp³-hybridized carbons (Fsp3) is 0.312. The van der Waals surface area contributed by atoms with Crippen LogP contribution in [0.3, 0.4) is 0 Å². The van der Waals surface area contributed by atoms with Crippen LogP contribution in [-0.2, 0) is 4.79 Å². The van der Waals surface area contributed by atoms with Crippen LogP contribution in [0.4, 0.5) is 14.6 Å². The number of aryl methyl sites for hydroxylation is 1. The number of amides is 2. The van der Waals surface area contributed by atoms with Gasteiger partial charge in [0.1, 0.15) is 17.3 Å². The summed E-state index contributed by atoms with van der Waals surface area (Å²) in [5.74, 6) is -2.98. The number of carbonyl (C=O) groups excluding carboxylic acids is 2. The van der Waals surface area contributed by atoms with Crippen LogP contribution in [0.5, 0.6) is 0 Å². The molecule has 5 rings (SSSR count). The van der Waals surface area contributed by atoms with Crippen molar-refractivity contribution in [3.63, 3.8) is 0 Å². The maximum Gasteiger partial charge on any atom is 0.355 e. The molecule has 1 aliphatic rings. The van der Waals surface area contributed by atoms with E-state index in [9.17, 15) is 14.4 Å². The van der Waals surface area contributed by atoms with Crippen LogP contribution in [0.15, 0.2) is 54.0 Å². The quantitative estimate of drug-likeness (QED) is 0.327. The summed E-state index contributed by atoms with van der Waals surface area (Å²) in [5, 5.41) is 0.184. The van der Waals surface area contributed by atoms with Crippen molar-refractivity contribution in [3.05, 3.63) is 88.1 Å². The third kappa shape index (κ3) is 5.10. The molecule has 2 amide bonds. The summed E-state index contributed by atoms with van der Waals surface area (Å²) in [4.78, 5) is 55.8. The van der Waals surface area contributed by atoms with E-state index in [-0.39, 0.29) is 52.9 Å². The monoisotopic (exact) mass is 601 g/mol. The summed E-state index contributed by atoms with van der Waals surface area (Å²) in [7, 11) is 0. The van der Waals surface area contributed by atoms with Gasteiger partial charge in [-0.15, -0.1) is 0 Å². The van der Waals surface area contributed by atoms with Gasteiger partial charge in [0.2, 0.25) is 11.8 Å². The Morgan fingerprint density at radius 2 is 1.82 bits per heavy atom. The Labute approximate surface area is 252 Å². The topological polar surface area (TPSA) is 127 Å². The molecule has 3 aromatic heterocycles. The van der Waals surface area contributed by atoms with Crippen molar-refractivity contribution < 1.29 is 18.4 Å². The van der Waals surface area contributed by atoms with E-state index in [1.807, 2.05) is 32.6 Å². The molecule has 1 aliphatic heterocycles. The van der Waals surface area contributed by atoms with E-state index in [4.69, 9.17) is 5.73 Å². The predicted molar refractivity (Wildman–Crippen MR) is 164 cm³/mol. The van der Waals surface area contributed by atoms with Crippen molar-refractivity contribution in [3.8, 4) is 16.9 Å². The molecule has 1 saturated heterocycles. The number of halogens is 2. The van der Waals surface area contributed by atoms with E-state index >= 15 is 8.78 Å². The van der Waals surface area contributed by atoms with Crippen LogP contribution in [0.25, 0.3) is 28.0 Å². The Morgan fingerprint density at radius 3 is 2.48 bits per heavy atom. The first-order valence-corrected chi connectivity index (χ1v) is 14.2. The predicted octanol–water partition coefficient (Wildman–Crippen LogP) is 4.26. The van der Waals surface area contributed by atoms with Gasteiger partial charge in [-0.3, -0.25) is 14.6 Å². The van der Waals surface area contributed by atoms with E-state index in [1.54, 1.807) is 24.1 Å². The second kappa shape index (κ2) is 11.6. The molecule has 0 saturated carbocycles. The number of benzene rings is 1. The first kappa shape index (κ1) is 30.5. The minimum Gasteiger partial charge on any atom is -0.366 e. The lowest BCUT2D eigenvalue weighted by Gasteiger charge is -2.44. The number of anilines is 1. The number of hydrogen-bond donors (Lipinski definition) is 1. The van der Waals surface area contributed by atoms with Gasteiger partial charge in [0.15, 0.2) is 11.5 Å². The normalized spacial score (nSPS) is 16.9. The van der Waals surface area contributed by atoms with Gasteiger partial charge >= 0.3 is 5.69 Å². The molecular formula is C32H33F2N7O3. The fourth-order valence-corrected chi connectivity index (χ4v) is 5.80. The number of carbonyl (C=O) groups is 2. The summed E-state index contributed by atoms with van der Waals surface area (Å²) < 4.78 is 32.6. The molecule has 0 spiro atoms. The second-order valence-corrected chi connectivity index (χ2v) is 11.3. The van der Waals surface area contributed by atoms with Crippen molar-refractivity contribution in [1.82, 2.24) is 24.4 Å². The number of nitrogens with two attached hydrogens (primary N) is 1. The van der Waals surface area contributed by atoms with Crippen LogP contribution >= 0.6 is 0 Å². The van der Waals surface area contributed by atoms with E-state index in [1.165, 1.54) is 22.8 Å². The number of piperazine rings is 1. The summed E-state index contributed by atoms with van der Waals surface area (Å²) >= 11 is 0. The molecule has 12 heteroatoms. The molecule has 4 heterocycles. The highest BCUT2D eigenvalue weighted by molar-refractivity contribution is 6.00. The number of rotatable bonds is 6.